The Morgan fingerprint density at radius 2 is 2.25 bits per heavy atom. The average molecular weight is 189 g/mol. The highest BCUT2D eigenvalue weighted by Gasteiger charge is 2.27. The molecule has 1 aliphatic heterocycles. The van der Waals surface area contributed by atoms with Crippen LogP contribution in [0, 0.1) is 0 Å². The van der Waals surface area contributed by atoms with Crippen molar-refractivity contribution in [1.82, 2.24) is 5.32 Å². The van der Waals surface area contributed by atoms with E-state index in [4.69, 9.17) is 0 Å². The number of hydrogen-bond acceptors (Lipinski definition) is 2. The van der Waals surface area contributed by atoms with Gasteiger partial charge < -0.3 is 5.32 Å². The van der Waals surface area contributed by atoms with Crippen molar-refractivity contribution in [3.63, 3.8) is 0 Å². The fourth-order valence-corrected chi connectivity index (χ4v) is 3.47. The highest BCUT2D eigenvalue weighted by molar-refractivity contribution is 7.85. The van der Waals surface area contributed by atoms with Crippen LogP contribution < -0.4 is 5.32 Å². The first-order valence-corrected chi connectivity index (χ1v) is 6.28. The Hall–Kier alpha value is 0.110. The molecule has 3 atom stereocenters. The van der Waals surface area contributed by atoms with Gasteiger partial charge in [0.15, 0.2) is 0 Å². The van der Waals surface area contributed by atoms with Crippen molar-refractivity contribution in [2.45, 2.75) is 44.4 Å². The molecule has 1 N–H and O–H groups in total. The van der Waals surface area contributed by atoms with Crippen molar-refractivity contribution in [2.24, 2.45) is 0 Å². The predicted octanol–water partition coefficient (Wildman–Crippen LogP) is 1.29. The SMILES string of the molecule is CCCC1NCCS(=O)C1CC. The van der Waals surface area contributed by atoms with Crippen molar-refractivity contribution in [3.8, 4) is 0 Å². The van der Waals surface area contributed by atoms with Crippen molar-refractivity contribution in [2.75, 3.05) is 12.3 Å². The third kappa shape index (κ3) is 2.30. The van der Waals surface area contributed by atoms with Gasteiger partial charge in [-0.05, 0) is 12.8 Å². The zero-order valence-electron chi connectivity index (χ0n) is 8.01. The summed E-state index contributed by atoms with van der Waals surface area (Å²) in [7, 11) is -0.572. The third-order valence-corrected chi connectivity index (χ3v) is 4.44. The second-order valence-electron chi connectivity index (χ2n) is 3.38. The summed E-state index contributed by atoms with van der Waals surface area (Å²) >= 11 is 0. The Bertz CT molecular complexity index is 159. The van der Waals surface area contributed by atoms with Gasteiger partial charge in [0.25, 0.3) is 0 Å². The molecule has 1 aliphatic rings. The van der Waals surface area contributed by atoms with Crippen molar-refractivity contribution >= 4 is 10.8 Å². The molecule has 72 valence electrons. The highest BCUT2D eigenvalue weighted by atomic mass is 32.2. The van der Waals surface area contributed by atoms with Crippen LogP contribution in [0.3, 0.4) is 0 Å². The van der Waals surface area contributed by atoms with Crippen LogP contribution in [0.2, 0.25) is 0 Å². The normalized spacial score (nSPS) is 36.7. The van der Waals surface area contributed by atoms with Crippen molar-refractivity contribution in [1.29, 1.82) is 0 Å². The molecule has 1 heterocycles. The minimum atomic E-state index is -0.572. The topological polar surface area (TPSA) is 29.1 Å². The molecule has 0 aromatic heterocycles. The fourth-order valence-electron chi connectivity index (χ4n) is 1.88. The molecule has 12 heavy (non-hydrogen) atoms. The number of rotatable bonds is 3. The van der Waals surface area contributed by atoms with Crippen LogP contribution in [0.5, 0.6) is 0 Å². The molecule has 0 saturated carbocycles. The summed E-state index contributed by atoms with van der Waals surface area (Å²) in [5.41, 5.74) is 0. The Labute approximate surface area is 77.6 Å². The van der Waals surface area contributed by atoms with Crippen molar-refractivity contribution in [3.05, 3.63) is 0 Å². The van der Waals surface area contributed by atoms with E-state index in [0.717, 1.165) is 18.7 Å². The van der Waals surface area contributed by atoms with Crippen LogP contribution in [0.25, 0.3) is 0 Å². The fraction of sp³-hybridized carbons (Fsp3) is 1.00. The summed E-state index contributed by atoms with van der Waals surface area (Å²) in [5.74, 6) is 0.846. The summed E-state index contributed by atoms with van der Waals surface area (Å²) < 4.78 is 11.6. The lowest BCUT2D eigenvalue weighted by atomic mass is 10.1. The Morgan fingerprint density at radius 3 is 2.83 bits per heavy atom. The molecule has 0 radical (unpaired) electrons. The van der Waals surface area contributed by atoms with Crippen LogP contribution in [0.1, 0.15) is 33.1 Å². The molecule has 0 amide bonds. The number of nitrogens with one attached hydrogen (secondary N) is 1. The van der Waals surface area contributed by atoms with Gasteiger partial charge in [0.05, 0.1) is 0 Å². The first-order valence-electron chi connectivity index (χ1n) is 4.90. The van der Waals surface area contributed by atoms with E-state index in [9.17, 15) is 4.21 Å². The van der Waals surface area contributed by atoms with Gasteiger partial charge in [-0.15, -0.1) is 0 Å². The molecule has 0 spiro atoms. The van der Waals surface area contributed by atoms with Crippen LogP contribution >= 0.6 is 0 Å². The van der Waals surface area contributed by atoms with Gasteiger partial charge in [-0.2, -0.15) is 0 Å². The average Bonchev–Trinajstić information content (AvgIpc) is 2.05. The monoisotopic (exact) mass is 189 g/mol. The van der Waals surface area contributed by atoms with E-state index >= 15 is 0 Å². The summed E-state index contributed by atoms with van der Waals surface area (Å²) in [5, 5.41) is 3.86. The minimum Gasteiger partial charge on any atom is -0.312 e. The van der Waals surface area contributed by atoms with Gasteiger partial charge in [0, 0.05) is 34.4 Å². The Kier molecular flexibility index (Phi) is 4.22. The molecule has 1 saturated heterocycles. The van der Waals surface area contributed by atoms with Crippen LogP contribution in [-0.2, 0) is 10.8 Å². The molecule has 2 nitrogen and oxygen atoms in total. The maximum absolute atomic E-state index is 11.6. The predicted molar refractivity (Wildman–Crippen MR) is 53.8 cm³/mol. The zero-order chi connectivity index (χ0) is 8.97. The first-order chi connectivity index (χ1) is 5.79. The van der Waals surface area contributed by atoms with Crippen LogP contribution in [0.4, 0.5) is 0 Å². The molecule has 0 bridgehead atoms. The third-order valence-electron chi connectivity index (χ3n) is 2.50. The maximum Gasteiger partial charge on any atom is 0.0499 e. The van der Waals surface area contributed by atoms with E-state index in [0.29, 0.717) is 11.3 Å². The van der Waals surface area contributed by atoms with Gasteiger partial charge in [-0.3, -0.25) is 4.21 Å². The van der Waals surface area contributed by atoms with Crippen LogP contribution in [0.15, 0.2) is 0 Å². The molecular weight excluding hydrogens is 170 g/mol. The molecule has 0 aliphatic carbocycles. The van der Waals surface area contributed by atoms with Gasteiger partial charge in [-0.25, -0.2) is 0 Å². The maximum atomic E-state index is 11.6. The summed E-state index contributed by atoms with van der Waals surface area (Å²) in [6, 6.07) is 0.509. The summed E-state index contributed by atoms with van der Waals surface area (Å²) in [4.78, 5) is 0. The van der Waals surface area contributed by atoms with Gasteiger partial charge in [-0.1, -0.05) is 20.3 Å². The van der Waals surface area contributed by atoms with Crippen molar-refractivity contribution < 1.29 is 4.21 Å². The molecule has 1 rings (SSSR count). The van der Waals surface area contributed by atoms with Gasteiger partial charge in [0.2, 0.25) is 0 Å². The zero-order valence-corrected chi connectivity index (χ0v) is 8.82. The van der Waals surface area contributed by atoms with E-state index < -0.39 is 10.8 Å². The Balaban J connectivity index is 2.51. The quantitative estimate of drug-likeness (QED) is 0.725. The van der Waals surface area contributed by atoms with E-state index in [1.165, 1.54) is 12.8 Å². The molecule has 0 aromatic carbocycles. The van der Waals surface area contributed by atoms with Gasteiger partial charge in [0.1, 0.15) is 0 Å². The lowest BCUT2D eigenvalue weighted by molar-refractivity contribution is 0.443. The van der Waals surface area contributed by atoms with E-state index in [1.54, 1.807) is 0 Å². The first kappa shape index (κ1) is 10.2. The molecule has 1 fully saturated rings. The van der Waals surface area contributed by atoms with E-state index in [1.807, 2.05) is 0 Å². The lowest BCUT2D eigenvalue weighted by Crippen LogP contribution is -2.49. The van der Waals surface area contributed by atoms with E-state index in [-0.39, 0.29) is 0 Å². The molecule has 3 unspecified atom stereocenters. The van der Waals surface area contributed by atoms with Crippen LogP contribution in [-0.4, -0.2) is 27.8 Å². The molecule has 0 aromatic rings. The second-order valence-corrected chi connectivity index (χ2v) is 5.16. The minimum absolute atomic E-state index is 0.402. The van der Waals surface area contributed by atoms with Gasteiger partial charge >= 0.3 is 0 Å². The standard InChI is InChI=1S/C9H19NOS/c1-3-5-8-9(4-2)12(11)7-6-10-8/h8-10H,3-7H2,1-2H3. The summed E-state index contributed by atoms with van der Waals surface area (Å²) in [6.07, 6.45) is 3.40. The largest absolute Gasteiger partial charge is 0.312 e. The highest BCUT2D eigenvalue weighted by Crippen LogP contribution is 2.15. The Morgan fingerprint density at radius 1 is 1.50 bits per heavy atom. The molecular formula is C9H19NOS. The molecule has 3 heteroatoms. The second kappa shape index (κ2) is 4.97. The number of hydrogen-bond donors (Lipinski definition) is 1. The summed E-state index contributed by atoms with van der Waals surface area (Å²) in [6.45, 7) is 5.26. The smallest absolute Gasteiger partial charge is 0.0499 e. The van der Waals surface area contributed by atoms with E-state index in [2.05, 4.69) is 19.2 Å². The lowest BCUT2D eigenvalue weighted by Gasteiger charge is -2.31.